The molecule has 1 aliphatic rings. The molecule has 13 nitrogen and oxygen atoms in total. The number of aliphatic carboxylic acids is 3. The Bertz CT molecular complexity index is 633. The number of rotatable bonds is 12. The normalized spacial score (nSPS) is 18.1. The van der Waals surface area contributed by atoms with Crippen molar-refractivity contribution in [1.29, 1.82) is 0 Å². The van der Waals surface area contributed by atoms with Gasteiger partial charge >= 0.3 is 17.9 Å². The van der Waals surface area contributed by atoms with Crippen LogP contribution in [0, 0.1) is 0 Å². The van der Waals surface area contributed by atoms with Crippen molar-refractivity contribution in [3.63, 3.8) is 0 Å². The van der Waals surface area contributed by atoms with Crippen LogP contribution in [0.4, 0.5) is 0 Å². The van der Waals surface area contributed by atoms with Gasteiger partial charge in [-0.25, -0.2) is 0 Å². The third kappa shape index (κ3) is 12.8. The average Bonchev–Trinajstić information content (AvgIpc) is 2.75. The first-order valence-electron chi connectivity index (χ1n) is 11.5. The Hall–Kier alpha value is -2.32. The SMILES string of the molecule is CCN1CCN(CC(=O)O)CCN(CC(=O)N(CCOC)CC(=O)O)CCN(CC(=O)O)CC1. The second-order valence-corrected chi connectivity index (χ2v) is 8.25. The van der Waals surface area contributed by atoms with Gasteiger partial charge in [0.05, 0.1) is 26.2 Å². The zero-order chi connectivity index (χ0) is 25.5. The average molecular weight is 490 g/mol. The smallest absolute Gasteiger partial charge is 0.323 e. The zero-order valence-electron chi connectivity index (χ0n) is 20.2. The molecule has 0 saturated carbocycles. The summed E-state index contributed by atoms with van der Waals surface area (Å²) < 4.78 is 4.98. The molecule has 1 amide bonds. The Balaban J connectivity index is 2.98. The van der Waals surface area contributed by atoms with Gasteiger partial charge in [0, 0.05) is 66.0 Å². The summed E-state index contributed by atoms with van der Waals surface area (Å²) in [5, 5.41) is 27.7. The molecular formula is C21H39N5O8. The van der Waals surface area contributed by atoms with Crippen molar-refractivity contribution in [1.82, 2.24) is 24.5 Å². The van der Waals surface area contributed by atoms with Crippen LogP contribution in [0.5, 0.6) is 0 Å². The van der Waals surface area contributed by atoms with E-state index in [0.717, 1.165) is 6.54 Å². The van der Waals surface area contributed by atoms with Crippen molar-refractivity contribution in [3.8, 4) is 0 Å². The zero-order valence-corrected chi connectivity index (χ0v) is 20.2. The Kier molecular flexibility index (Phi) is 14.3. The van der Waals surface area contributed by atoms with Gasteiger partial charge in [-0.05, 0) is 6.54 Å². The second-order valence-electron chi connectivity index (χ2n) is 8.25. The van der Waals surface area contributed by atoms with E-state index in [2.05, 4.69) is 4.90 Å². The van der Waals surface area contributed by atoms with Crippen LogP contribution in [-0.4, -0.2) is 169 Å². The fourth-order valence-corrected chi connectivity index (χ4v) is 3.70. The number of nitrogens with zero attached hydrogens (tertiary/aromatic N) is 5. The maximum absolute atomic E-state index is 12.9. The maximum Gasteiger partial charge on any atom is 0.323 e. The largest absolute Gasteiger partial charge is 0.480 e. The molecule has 1 aliphatic heterocycles. The first kappa shape index (κ1) is 29.7. The number of hydrogen-bond donors (Lipinski definition) is 3. The number of carboxylic acids is 3. The molecule has 196 valence electrons. The summed E-state index contributed by atoms with van der Waals surface area (Å²) in [5.41, 5.74) is 0. The van der Waals surface area contributed by atoms with Crippen molar-refractivity contribution < 1.29 is 39.2 Å². The minimum atomic E-state index is -1.13. The van der Waals surface area contributed by atoms with E-state index in [1.165, 1.54) is 12.0 Å². The van der Waals surface area contributed by atoms with Crippen LogP contribution in [0.1, 0.15) is 6.92 Å². The maximum atomic E-state index is 12.9. The summed E-state index contributed by atoms with van der Waals surface area (Å²) in [7, 11) is 1.47. The first-order chi connectivity index (χ1) is 16.1. The summed E-state index contributed by atoms with van der Waals surface area (Å²) in [6, 6.07) is 0. The van der Waals surface area contributed by atoms with Gasteiger partial charge in [0.15, 0.2) is 0 Å². The molecule has 1 rings (SSSR count). The van der Waals surface area contributed by atoms with Crippen LogP contribution in [0.2, 0.25) is 0 Å². The van der Waals surface area contributed by atoms with Crippen LogP contribution >= 0.6 is 0 Å². The number of carboxylic acid groups (broad SMARTS) is 3. The van der Waals surface area contributed by atoms with Crippen molar-refractivity contribution in [2.24, 2.45) is 0 Å². The minimum absolute atomic E-state index is 0.0557. The topological polar surface area (TPSA) is 154 Å². The van der Waals surface area contributed by atoms with Gasteiger partial charge in [-0.2, -0.15) is 0 Å². The Labute approximate surface area is 200 Å². The van der Waals surface area contributed by atoms with E-state index in [4.69, 9.17) is 9.84 Å². The van der Waals surface area contributed by atoms with Crippen LogP contribution in [0.25, 0.3) is 0 Å². The molecule has 0 radical (unpaired) electrons. The van der Waals surface area contributed by atoms with Gasteiger partial charge in [-0.1, -0.05) is 6.92 Å². The van der Waals surface area contributed by atoms with Gasteiger partial charge in [-0.15, -0.1) is 0 Å². The lowest BCUT2D eigenvalue weighted by Crippen LogP contribution is -2.50. The van der Waals surface area contributed by atoms with E-state index >= 15 is 0 Å². The molecule has 0 spiro atoms. The number of hydrogen-bond acceptors (Lipinski definition) is 9. The van der Waals surface area contributed by atoms with E-state index in [-0.39, 0.29) is 38.7 Å². The van der Waals surface area contributed by atoms with Gasteiger partial charge in [-0.3, -0.25) is 33.9 Å². The van der Waals surface area contributed by atoms with Gasteiger partial charge in [0.2, 0.25) is 5.91 Å². The van der Waals surface area contributed by atoms with E-state index in [1.807, 2.05) is 21.6 Å². The summed E-state index contributed by atoms with van der Waals surface area (Å²) in [6.45, 7) is 6.31. The molecule has 0 aromatic rings. The molecule has 13 heteroatoms. The van der Waals surface area contributed by atoms with E-state index in [0.29, 0.717) is 52.4 Å². The van der Waals surface area contributed by atoms with Crippen LogP contribution in [0.3, 0.4) is 0 Å². The Morgan fingerprint density at radius 3 is 1.47 bits per heavy atom. The van der Waals surface area contributed by atoms with Crippen molar-refractivity contribution in [2.75, 3.05) is 105 Å². The van der Waals surface area contributed by atoms with Gasteiger partial charge in [0.25, 0.3) is 0 Å². The molecule has 0 atom stereocenters. The number of amides is 1. The van der Waals surface area contributed by atoms with Crippen LogP contribution in [0.15, 0.2) is 0 Å². The predicted octanol–water partition coefficient (Wildman–Crippen LogP) is -2.04. The van der Waals surface area contributed by atoms with Crippen molar-refractivity contribution >= 4 is 23.8 Å². The summed E-state index contributed by atoms with van der Waals surface area (Å²) in [6.07, 6.45) is 0. The van der Waals surface area contributed by atoms with Gasteiger partial charge < -0.3 is 29.9 Å². The molecule has 0 bridgehead atoms. The highest BCUT2D eigenvalue weighted by Gasteiger charge is 2.23. The number of carbonyl (C=O) groups excluding carboxylic acids is 1. The molecule has 0 aromatic heterocycles. The predicted molar refractivity (Wildman–Crippen MR) is 123 cm³/mol. The summed E-state index contributed by atoms with van der Waals surface area (Å²) in [4.78, 5) is 55.6. The highest BCUT2D eigenvalue weighted by atomic mass is 16.5. The first-order valence-corrected chi connectivity index (χ1v) is 11.5. The van der Waals surface area contributed by atoms with Gasteiger partial charge in [0.1, 0.15) is 6.54 Å². The van der Waals surface area contributed by atoms with Crippen LogP contribution < -0.4 is 0 Å². The molecule has 0 aliphatic carbocycles. The third-order valence-corrected chi connectivity index (χ3v) is 5.70. The number of ether oxygens (including phenoxy) is 1. The lowest BCUT2D eigenvalue weighted by atomic mass is 10.3. The monoisotopic (exact) mass is 489 g/mol. The number of carbonyl (C=O) groups is 4. The van der Waals surface area contributed by atoms with Crippen molar-refractivity contribution in [3.05, 3.63) is 0 Å². The Morgan fingerprint density at radius 1 is 0.706 bits per heavy atom. The molecule has 0 aromatic carbocycles. The number of likely N-dealkylation sites (N-methyl/N-ethyl adjacent to an activating group) is 1. The molecular weight excluding hydrogens is 450 g/mol. The van der Waals surface area contributed by atoms with E-state index < -0.39 is 24.5 Å². The highest BCUT2D eigenvalue weighted by Crippen LogP contribution is 2.03. The lowest BCUT2D eigenvalue weighted by molar-refractivity contribution is -0.145. The molecule has 3 N–H and O–H groups in total. The quantitative estimate of drug-likeness (QED) is 0.277. The Morgan fingerprint density at radius 2 is 1.12 bits per heavy atom. The minimum Gasteiger partial charge on any atom is -0.480 e. The molecule has 1 heterocycles. The molecule has 34 heavy (non-hydrogen) atoms. The third-order valence-electron chi connectivity index (χ3n) is 5.70. The number of methoxy groups -OCH3 is 1. The second kappa shape index (κ2) is 16.3. The van der Waals surface area contributed by atoms with E-state index in [1.54, 1.807) is 0 Å². The standard InChI is InChI=1S/C21H39N5O8/c1-3-22-4-6-24(15-19(28)29)10-8-23(9-11-25(7-5-22)16-20(30)31)14-18(27)26(12-13-34-2)17-21(32)33/h3-17H2,1-2H3,(H,28,29)(H,30,31)(H,32,33). The fraction of sp³-hybridized carbons (Fsp3) is 0.810. The fourth-order valence-electron chi connectivity index (χ4n) is 3.70. The van der Waals surface area contributed by atoms with Crippen molar-refractivity contribution in [2.45, 2.75) is 6.92 Å². The van der Waals surface area contributed by atoms with Crippen LogP contribution in [-0.2, 0) is 23.9 Å². The molecule has 1 fully saturated rings. The van der Waals surface area contributed by atoms with E-state index in [9.17, 15) is 29.4 Å². The highest BCUT2D eigenvalue weighted by molar-refractivity contribution is 5.82. The molecule has 1 saturated heterocycles. The summed E-state index contributed by atoms with van der Waals surface area (Å²) >= 11 is 0. The summed E-state index contributed by atoms with van der Waals surface area (Å²) in [5.74, 6) is -3.37. The molecule has 0 unspecified atom stereocenters. The lowest BCUT2D eigenvalue weighted by Gasteiger charge is -2.33.